The number of ether oxygens (including phenoxy) is 4. The van der Waals surface area contributed by atoms with Crippen LogP contribution in [0, 0.1) is 0 Å². The highest BCUT2D eigenvalue weighted by Gasteiger charge is 2.19. The fourth-order valence-corrected chi connectivity index (χ4v) is 3.42. The van der Waals surface area contributed by atoms with E-state index in [0.29, 0.717) is 39.8 Å². The third kappa shape index (κ3) is 3.24. The number of furan rings is 1. The third-order valence-electron chi connectivity index (χ3n) is 4.87. The highest BCUT2D eigenvalue weighted by Crippen LogP contribution is 2.39. The maximum atomic E-state index is 13.0. The molecule has 0 radical (unpaired) electrons. The van der Waals surface area contributed by atoms with Crippen molar-refractivity contribution in [2.24, 2.45) is 0 Å². The number of anilines is 1. The Labute approximate surface area is 173 Å². The molecule has 3 aromatic carbocycles. The minimum atomic E-state index is -0.358. The summed E-state index contributed by atoms with van der Waals surface area (Å²) < 4.78 is 27.4. The van der Waals surface area contributed by atoms with Gasteiger partial charge in [-0.25, -0.2) is 0 Å². The van der Waals surface area contributed by atoms with Gasteiger partial charge in [-0.05, 0) is 24.3 Å². The largest absolute Gasteiger partial charge is 0.495 e. The number of amides is 1. The number of fused-ring (bicyclic) bond motifs is 3. The fraction of sp³-hybridized carbons (Fsp3) is 0.174. The monoisotopic (exact) mass is 407 g/mol. The zero-order valence-electron chi connectivity index (χ0n) is 17.1. The molecule has 4 rings (SSSR count). The van der Waals surface area contributed by atoms with E-state index in [4.69, 9.17) is 23.4 Å². The molecule has 1 N–H and O–H groups in total. The molecule has 30 heavy (non-hydrogen) atoms. The standard InChI is InChI=1S/C23H21NO6/c1-26-19-11-15-14-7-5-6-8-17(14)30-18(15)12-16(19)24-23(25)13-9-20(27-2)22(29-4)21(10-13)28-3/h5-12H,1-4H3,(H,24,25). The summed E-state index contributed by atoms with van der Waals surface area (Å²) in [6.45, 7) is 0. The zero-order chi connectivity index (χ0) is 21.3. The molecule has 7 nitrogen and oxygen atoms in total. The van der Waals surface area contributed by atoms with Crippen molar-refractivity contribution in [1.29, 1.82) is 0 Å². The number of methoxy groups -OCH3 is 4. The van der Waals surface area contributed by atoms with Crippen LogP contribution < -0.4 is 24.3 Å². The molecule has 0 aliphatic heterocycles. The molecule has 0 aliphatic rings. The average Bonchev–Trinajstić information content (AvgIpc) is 3.14. The van der Waals surface area contributed by atoms with Crippen molar-refractivity contribution < 1.29 is 28.2 Å². The Kier molecular flexibility index (Phi) is 5.10. The van der Waals surface area contributed by atoms with Gasteiger partial charge in [-0.2, -0.15) is 0 Å². The first-order valence-electron chi connectivity index (χ1n) is 9.20. The molecule has 0 atom stereocenters. The Balaban J connectivity index is 1.75. The second-order valence-electron chi connectivity index (χ2n) is 6.52. The summed E-state index contributed by atoms with van der Waals surface area (Å²) in [4.78, 5) is 13.0. The van der Waals surface area contributed by atoms with Crippen molar-refractivity contribution in [1.82, 2.24) is 0 Å². The molecule has 1 heterocycles. The number of benzene rings is 3. The topological polar surface area (TPSA) is 79.2 Å². The van der Waals surface area contributed by atoms with Crippen LogP contribution in [0.15, 0.2) is 52.9 Å². The molecule has 4 aromatic rings. The second kappa shape index (κ2) is 7.87. The molecule has 0 saturated heterocycles. The summed E-state index contributed by atoms with van der Waals surface area (Å²) in [5, 5.41) is 4.77. The molecular weight excluding hydrogens is 386 g/mol. The van der Waals surface area contributed by atoms with Crippen LogP contribution in [-0.2, 0) is 0 Å². The molecule has 1 amide bonds. The van der Waals surface area contributed by atoms with Crippen LogP contribution in [0.5, 0.6) is 23.0 Å². The van der Waals surface area contributed by atoms with Gasteiger partial charge in [0.2, 0.25) is 5.75 Å². The van der Waals surface area contributed by atoms with Gasteiger partial charge in [0.05, 0.1) is 34.1 Å². The van der Waals surface area contributed by atoms with Crippen molar-refractivity contribution in [2.75, 3.05) is 33.8 Å². The highest BCUT2D eigenvalue weighted by molar-refractivity contribution is 6.10. The summed E-state index contributed by atoms with van der Waals surface area (Å²) in [5.74, 6) is 1.36. The van der Waals surface area contributed by atoms with Crippen LogP contribution in [0.3, 0.4) is 0 Å². The summed E-state index contributed by atoms with van der Waals surface area (Å²) >= 11 is 0. The summed E-state index contributed by atoms with van der Waals surface area (Å²) in [6.07, 6.45) is 0. The van der Waals surface area contributed by atoms with Gasteiger partial charge in [-0.15, -0.1) is 0 Å². The van der Waals surface area contributed by atoms with Gasteiger partial charge in [0.1, 0.15) is 16.9 Å². The molecule has 0 saturated carbocycles. The SMILES string of the molecule is COc1cc2c(cc1NC(=O)c1cc(OC)c(OC)c(OC)c1)oc1ccccc12. The van der Waals surface area contributed by atoms with Crippen LogP contribution >= 0.6 is 0 Å². The van der Waals surface area contributed by atoms with Gasteiger partial charge in [0.25, 0.3) is 5.91 Å². The average molecular weight is 407 g/mol. The van der Waals surface area contributed by atoms with Gasteiger partial charge in [-0.1, -0.05) is 18.2 Å². The van der Waals surface area contributed by atoms with Gasteiger partial charge >= 0.3 is 0 Å². The Morgan fingerprint density at radius 2 is 1.43 bits per heavy atom. The maximum absolute atomic E-state index is 13.0. The van der Waals surface area contributed by atoms with Crippen molar-refractivity contribution in [3.8, 4) is 23.0 Å². The number of carbonyl (C=O) groups excluding carboxylic acids is 1. The van der Waals surface area contributed by atoms with E-state index in [1.54, 1.807) is 25.3 Å². The Bertz CT molecular complexity index is 1220. The zero-order valence-corrected chi connectivity index (χ0v) is 17.1. The molecular formula is C23H21NO6. The number of hydrogen-bond donors (Lipinski definition) is 1. The molecule has 0 fully saturated rings. The smallest absolute Gasteiger partial charge is 0.256 e. The summed E-state index contributed by atoms with van der Waals surface area (Å²) in [6, 6.07) is 14.5. The molecule has 0 spiro atoms. The quantitative estimate of drug-likeness (QED) is 0.491. The number of para-hydroxylation sites is 1. The first kappa shape index (κ1) is 19.4. The molecule has 1 aromatic heterocycles. The van der Waals surface area contributed by atoms with Crippen LogP contribution in [0.2, 0.25) is 0 Å². The van der Waals surface area contributed by atoms with Gasteiger partial charge < -0.3 is 28.7 Å². The van der Waals surface area contributed by atoms with Crippen molar-refractivity contribution in [3.63, 3.8) is 0 Å². The normalized spacial score (nSPS) is 10.8. The van der Waals surface area contributed by atoms with E-state index < -0.39 is 0 Å². The molecule has 0 unspecified atom stereocenters. The van der Waals surface area contributed by atoms with Gasteiger partial charge in [0.15, 0.2) is 11.5 Å². The second-order valence-corrected chi connectivity index (χ2v) is 6.52. The van der Waals surface area contributed by atoms with E-state index in [2.05, 4.69) is 5.32 Å². The van der Waals surface area contributed by atoms with Gasteiger partial charge in [-0.3, -0.25) is 4.79 Å². The number of rotatable bonds is 6. The van der Waals surface area contributed by atoms with Gasteiger partial charge in [0, 0.05) is 22.4 Å². The Morgan fingerprint density at radius 1 is 0.767 bits per heavy atom. The maximum Gasteiger partial charge on any atom is 0.256 e. The van der Waals surface area contributed by atoms with Crippen LogP contribution in [0.1, 0.15) is 10.4 Å². The lowest BCUT2D eigenvalue weighted by Crippen LogP contribution is -2.13. The summed E-state index contributed by atoms with van der Waals surface area (Å²) in [5.41, 5.74) is 2.25. The predicted octanol–water partition coefficient (Wildman–Crippen LogP) is 4.87. The Hall–Kier alpha value is -3.87. The van der Waals surface area contributed by atoms with Crippen molar-refractivity contribution in [2.45, 2.75) is 0 Å². The minimum absolute atomic E-state index is 0.344. The van der Waals surface area contributed by atoms with E-state index in [9.17, 15) is 4.79 Å². The lowest BCUT2D eigenvalue weighted by atomic mass is 10.1. The fourth-order valence-electron chi connectivity index (χ4n) is 3.42. The Morgan fingerprint density at radius 3 is 2.07 bits per heavy atom. The van der Waals surface area contributed by atoms with E-state index in [-0.39, 0.29) is 5.91 Å². The van der Waals surface area contributed by atoms with Crippen LogP contribution in [0.25, 0.3) is 21.9 Å². The first-order chi connectivity index (χ1) is 14.6. The number of nitrogens with one attached hydrogen (secondary N) is 1. The predicted molar refractivity (Wildman–Crippen MR) is 114 cm³/mol. The summed E-state index contributed by atoms with van der Waals surface area (Å²) in [7, 11) is 6.06. The molecule has 0 bridgehead atoms. The third-order valence-corrected chi connectivity index (χ3v) is 4.87. The van der Waals surface area contributed by atoms with Crippen molar-refractivity contribution in [3.05, 3.63) is 54.1 Å². The van der Waals surface area contributed by atoms with Crippen LogP contribution in [-0.4, -0.2) is 34.3 Å². The molecule has 0 aliphatic carbocycles. The van der Waals surface area contributed by atoms with Crippen LogP contribution in [0.4, 0.5) is 5.69 Å². The minimum Gasteiger partial charge on any atom is -0.495 e. The number of hydrogen-bond acceptors (Lipinski definition) is 6. The molecule has 7 heteroatoms. The lowest BCUT2D eigenvalue weighted by Gasteiger charge is -2.15. The van der Waals surface area contributed by atoms with E-state index in [0.717, 1.165) is 16.4 Å². The highest BCUT2D eigenvalue weighted by atomic mass is 16.5. The number of carbonyl (C=O) groups is 1. The molecule has 154 valence electrons. The van der Waals surface area contributed by atoms with E-state index in [1.165, 1.54) is 21.3 Å². The first-order valence-corrected chi connectivity index (χ1v) is 9.20. The lowest BCUT2D eigenvalue weighted by molar-refractivity contribution is 0.102. The van der Waals surface area contributed by atoms with Crippen molar-refractivity contribution >= 4 is 33.5 Å². The van der Waals surface area contributed by atoms with E-state index >= 15 is 0 Å². The van der Waals surface area contributed by atoms with E-state index in [1.807, 2.05) is 30.3 Å².